The lowest BCUT2D eigenvalue weighted by Gasteiger charge is -2.30. The van der Waals surface area contributed by atoms with Crippen molar-refractivity contribution in [2.45, 2.75) is 57.7 Å². The van der Waals surface area contributed by atoms with Gasteiger partial charge in [-0.2, -0.15) is 0 Å². The van der Waals surface area contributed by atoms with Crippen LogP contribution in [0.15, 0.2) is 11.6 Å². The maximum atomic E-state index is 13.1. The molecule has 2 heterocycles. The lowest BCUT2D eigenvalue weighted by atomic mass is 9.93. The van der Waals surface area contributed by atoms with Crippen LogP contribution in [0.1, 0.15) is 44.0 Å². The van der Waals surface area contributed by atoms with Crippen molar-refractivity contribution < 1.29 is 9.53 Å². The van der Waals surface area contributed by atoms with Gasteiger partial charge in [0.2, 0.25) is 0 Å². The Morgan fingerprint density at radius 1 is 1.50 bits per heavy atom. The van der Waals surface area contributed by atoms with Crippen molar-refractivity contribution in [3.8, 4) is 0 Å². The number of amides is 1. The average molecular weight is 350 g/mol. The number of ether oxygens (including phenoxy) is 1. The Labute approximate surface area is 147 Å². The molecule has 2 atom stereocenters. The molecule has 24 heavy (non-hydrogen) atoms. The highest BCUT2D eigenvalue weighted by atomic mass is 32.1. The molecule has 1 aromatic rings. The highest BCUT2D eigenvalue weighted by Crippen LogP contribution is 2.56. The van der Waals surface area contributed by atoms with E-state index in [0.717, 1.165) is 31.1 Å². The van der Waals surface area contributed by atoms with Crippen molar-refractivity contribution in [3.63, 3.8) is 0 Å². The molecule has 0 aromatic carbocycles. The van der Waals surface area contributed by atoms with Crippen LogP contribution >= 0.6 is 11.3 Å². The Hall–Kier alpha value is -0.980. The first-order valence-corrected chi connectivity index (χ1v) is 10.1. The Morgan fingerprint density at radius 3 is 2.96 bits per heavy atom. The Bertz CT molecular complexity index is 567. The SMILES string of the molecule is CC(OCC1CC1)C(=O)N(Cc1nccs1)C1CC12CCNCC2. The molecule has 1 N–H and O–H groups in total. The summed E-state index contributed by atoms with van der Waals surface area (Å²) in [5, 5.41) is 6.44. The number of nitrogens with one attached hydrogen (secondary N) is 1. The molecule has 2 saturated carbocycles. The van der Waals surface area contributed by atoms with E-state index >= 15 is 0 Å². The third kappa shape index (κ3) is 3.51. The molecule has 6 heteroatoms. The minimum absolute atomic E-state index is 0.145. The first-order chi connectivity index (χ1) is 11.7. The predicted octanol–water partition coefficient (Wildman–Crippen LogP) is 2.43. The summed E-state index contributed by atoms with van der Waals surface area (Å²) in [5.74, 6) is 0.829. The highest BCUT2D eigenvalue weighted by Gasteiger charge is 2.58. The van der Waals surface area contributed by atoms with Crippen LogP contribution < -0.4 is 5.32 Å². The van der Waals surface area contributed by atoms with E-state index < -0.39 is 0 Å². The molecular weight excluding hydrogens is 322 g/mol. The van der Waals surface area contributed by atoms with E-state index in [2.05, 4.69) is 15.2 Å². The zero-order valence-electron chi connectivity index (χ0n) is 14.4. The van der Waals surface area contributed by atoms with Crippen LogP contribution in [0, 0.1) is 11.3 Å². The van der Waals surface area contributed by atoms with Gasteiger partial charge in [0.1, 0.15) is 11.1 Å². The maximum Gasteiger partial charge on any atom is 0.252 e. The van der Waals surface area contributed by atoms with Crippen molar-refractivity contribution in [2.75, 3.05) is 19.7 Å². The number of hydrogen-bond donors (Lipinski definition) is 1. The van der Waals surface area contributed by atoms with E-state index in [9.17, 15) is 4.79 Å². The standard InChI is InChI=1S/C18H27N3O2S/c1-13(23-12-14-2-3-14)17(22)21(11-16-20-8-9-24-16)15-10-18(15)4-6-19-7-5-18/h8-9,13-15,19H,2-7,10-12H2,1H3. The molecule has 3 aliphatic rings. The number of nitrogens with zero attached hydrogens (tertiary/aromatic N) is 2. The van der Waals surface area contributed by atoms with Gasteiger partial charge in [-0.25, -0.2) is 4.98 Å². The molecule has 132 valence electrons. The molecule has 5 nitrogen and oxygen atoms in total. The number of carbonyl (C=O) groups is 1. The molecule has 1 amide bonds. The third-order valence-corrected chi connectivity index (χ3v) is 6.59. The van der Waals surface area contributed by atoms with Gasteiger partial charge in [-0.3, -0.25) is 4.79 Å². The van der Waals surface area contributed by atoms with E-state index in [-0.39, 0.29) is 12.0 Å². The molecular formula is C18H27N3O2S. The van der Waals surface area contributed by atoms with Gasteiger partial charge in [0.25, 0.3) is 5.91 Å². The van der Waals surface area contributed by atoms with Gasteiger partial charge in [-0.1, -0.05) is 0 Å². The number of thiazole rings is 1. The number of aromatic nitrogens is 1. The second-order valence-electron chi connectivity index (χ2n) is 7.64. The quantitative estimate of drug-likeness (QED) is 0.821. The molecule has 2 aliphatic carbocycles. The number of carbonyl (C=O) groups excluding carboxylic acids is 1. The van der Waals surface area contributed by atoms with Gasteiger partial charge in [-0.05, 0) is 63.5 Å². The molecule has 4 rings (SSSR count). The van der Waals surface area contributed by atoms with E-state index in [4.69, 9.17) is 4.74 Å². The molecule has 2 unspecified atom stereocenters. The van der Waals surface area contributed by atoms with Crippen LogP contribution in [0.3, 0.4) is 0 Å². The zero-order valence-corrected chi connectivity index (χ0v) is 15.2. The van der Waals surface area contributed by atoms with Crippen LogP contribution in [0.25, 0.3) is 0 Å². The highest BCUT2D eigenvalue weighted by molar-refractivity contribution is 7.09. The summed E-state index contributed by atoms with van der Waals surface area (Å²) in [6.45, 7) is 5.43. The average Bonchev–Trinajstić information content (AvgIpc) is 3.49. The Morgan fingerprint density at radius 2 is 2.29 bits per heavy atom. The van der Waals surface area contributed by atoms with Gasteiger partial charge < -0.3 is 15.0 Å². The van der Waals surface area contributed by atoms with Gasteiger partial charge in [0, 0.05) is 17.6 Å². The third-order valence-electron chi connectivity index (χ3n) is 5.82. The molecule has 1 aliphatic heterocycles. The monoisotopic (exact) mass is 349 g/mol. The van der Waals surface area contributed by atoms with Crippen molar-refractivity contribution in [2.24, 2.45) is 11.3 Å². The fraction of sp³-hybridized carbons (Fsp3) is 0.778. The lowest BCUT2D eigenvalue weighted by Crippen LogP contribution is -2.43. The summed E-state index contributed by atoms with van der Waals surface area (Å²) < 4.78 is 5.86. The summed E-state index contributed by atoms with van der Waals surface area (Å²) in [4.78, 5) is 19.5. The summed E-state index contributed by atoms with van der Waals surface area (Å²) in [7, 11) is 0. The summed E-state index contributed by atoms with van der Waals surface area (Å²) >= 11 is 1.63. The van der Waals surface area contributed by atoms with Crippen LogP contribution in [0.4, 0.5) is 0 Å². The van der Waals surface area contributed by atoms with Crippen LogP contribution in [-0.4, -0.2) is 47.6 Å². The molecule has 0 bridgehead atoms. The summed E-state index contributed by atoms with van der Waals surface area (Å²) in [5.41, 5.74) is 0.342. The van der Waals surface area contributed by atoms with Gasteiger partial charge in [0.05, 0.1) is 13.2 Å². The second kappa shape index (κ2) is 6.73. The van der Waals surface area contributed by atoms with Crippen molar-refractivity contribution in [1.82, 2.24) is 15.2 Å². The van der Waals surface area contributed by atoms with Crippen LogP contribution in [0.5, 0.6) is 0 Å². The van der Waals surface area contributed by atoms with E-state index in [1.807, 2.05) is 18.5 Å². The maximum absolute atomic E-state index is 13.1. The predicted molar refractivity (Wildman–Crippen MR) is 93.7 cm³/mol. The number of piperidine rings is 1. The smallest absolute Gasteiger partial charge is 0.252 e. The van der Waals surface area contributed by atoms with Crippen molar-refractivity contribution in [3.05, 3.63) is 16.6 Å². The van der Waals surface area contributed by atoms with Gasteiger partial charge in [0.15, 0.2) is 0 Å². The zero-order chi connectivity index (χ0) is 16.6. The normalized spacial score (nSPS) is 26.3. The molecule has 1 spiro atoms. The second-order valence-corrected chi connectivity index (χ2v) is 8.62. The van der Waals surface area contributed by atoms with E-state index in [1.54, 1.807) is 11.3 Å². The number of hydrogen-bond acceptors (Lipinski definition) is 5. The summed E-state index contributed by atoms with van der Waals surface area (Å²) in [6, 6.07) is 0.364. The van der Waals surface area contributed by atoms with Crippen molar-refractivity contribution in [1.29, 1.82) is 0 Å². The fourth-order valence-corrected chi connectivity index (χ4v) is 4.53. The van der Waals surface area contributed by atoms with E-state index in [1.165, 1.54) is 25.7 Å². The van der Waals surface area contributed by atoms with Gasteiger partial charge in [-0.15, -0.1) is 11.3 Å². The Balaban J connectivity index is 1.44. The first-order valence-electron chi connectivity index (χ1n) is 9.19. The van der Waals surface area contributed by atoms with Crippen LogP contribution in [-0.2, 0) is 16.1 Å². The largest absolute Gasteiger partial charge is 0.368 e. The molecule has 1 aromatic heterocycles. The molecule has 0 radical (unpaired) electrons. The molecule has 3 fully saturated rings. The first kappa shape index (κ1) is 16.5. The van der Waals surface area contributed by atoms with Gasteiger partial charge >= 0.3 is 0 Å². The van der Waals surface area contributed by atoms with E-state index in [0.29, 0.717) is 23.9 Å². The van der Waals surface area contributed by atoms with Crippen molar-refractivity contribution >= 4 is 17.2 Å². The number of rotatable bonds is 7. The summed E-state index contributed by atoms with van der Waals surface area (Å²) in [6.07, 6.45) is 7.48. The minimum Gasteiger partial charge on any atom is -0.368 e. The molecule has 1 saturated heterocycles. The lowest BCUT2D eigenvalue weighted by molar-refractivity contribution is -0.145. The fourth-order valence-electron chi connectivity index (χ4n) is 3.92. The Kier molecular flexibility index (Phi) is 4.62. The topological polar surface area (TPSA) is 54.5 Å². The van der Waals surface area contributed by atoms with Crippen LogP contribution in [0.2, 0.25) is 0 Å². The minimum atomic E-state index is -0.343.